The number of fused-ring (bicyclic) bond motifs is 3. The summed E-state index contributed by atoms with van der Waals surface area (Å²) in [6.07, 6.45) is 12.2. The molecule has 6 rings (SSSR count). The molecule has 0 spiro atoms. The Morgan fingerprint density at radius 3 is 2.78 bits per heavy atom. The fraction of sp³-hybridized carbons (Fsp3) is 0.484. The standard InChI is InChI=1S/C31H38N2O3/c1-22(2)30(34)36-31(20-26-11-12-27(31)19-28(26)24-9-5-4-6-10-24)14-16-33(3)15-7-8-23-18-25-13-17-35-29(25)32-21-23/h4-6,9-10,13,17-19,21-22,26-27H,7-8,11-12,14-16,20H2,1-3H3/t26-,27-,31+/m1/s1. The van der Waals surface area contributed by atoms with E-state index in [1.54, 1.807) is 6.26 Å². The van der Waals surface area contributed by atoms with E-state index in [0.717, 1.165) is 50.6 Å². The maximum atomic E-state index is 12.8. The number of pyridine rings is 1. The first-order chi connectivity index (χ1) is 17.4. The van der Waals surface area contributed by atoms with Gasteiger partial charge in [-0.2, -0.15) is 0 Å². The molecule has 3 aliphatic rings. The molecule has 0 N–H and O–H groups in total. The van der Waals surface area contributed by atoms with Gasteiger partial charge in [-0.25, -0.2) is 4.98 Å². The second kappa shape index (κ2) is 10.6. The first kappa shape index (κ1) is 24.8. The molecule has 0 unspecified atom stereocenters. The Morgan fingerprint density at radius 1 is 1.19 bits per heavy atom. The van der Waals surface area contributed by atoms with Crippen LogP contribution in [0.3, 0.4) is 0 Å². The number of carbonyl (C=O) groups is 1. The Hall–Kier alpha value is -2.92. The number of aromatic nitrogens is 1. The predicted molar refractivity (Wildman–Crippen MR) is 143 cm³/mol. The van der Waals surface area contributed by atoms with E-state index in [1.807, 2.05) is 26.1 Å². The smallest absolute Gasteiger partial charge is 0.308 e. The van der Waals surface area contributed by atoms with Gasteiger partial charge in [-0.05, 0) is 80.4 Å². The molecule has 3 aromatic rings. The number of allylic oxidation sites excluding steroid dienone is 1. The fourth-order valence-corrected chi connectivity index (χ4v) is 5.99. The van der Waals surface area contributed by atoms with Crippen molar-refractivity contribution in [1.82, 2.24) is 9.88 Å². The largest absolute Gasteiger partial charge is 0.458 e. The van der Waals surface area contributed by atoms with Gasteiger partial charge in [0.1, 0.15) is 5.60 Å². The van der Waals surface area contributed by atoms with Gasteiger partial charge >= 0.3 is 5.97 Å². The van der Waals surface area contributed by atoms with Gasteiger partial charge in [-0.3, -0.25) is 4.79 Å². The zero-order valence-electron chi connectivity index (χ0n) is 21.8. The molecule has 36 heavy (non-hydrogen) atoms. The van der Waals surface area contributed by atoms with E-state index >= 15 is 0 Å². The number of esters is 1. The Kier molecular flexibility index (Phi) is 7.29. The summed E-state index contributed by atoms with van der Waals surface area (Å²) in [5, 5.41) is 1.06. The van der Waals surface area contributed by atoms with E-state index in [1.165, 1.54) is 23.1 Å². The SMILES string of the molecule is CC(C)C(=O)O[C@@]1(CCN(C)CCCc2cnc3occc3c2)C[C@H]2CC[C@@H]1C=C2c1ccccc1. The van der Waals surface area contributed by atoms with Crippen LogP contribution in [0.1, 0.15) is 57.1 Å². The van der Waals surface area contributed by atoms with Crippen molar-refractivity contribution >= 4 is 22.6 Å². The van der Waals surface area contributed by atoms with E-state index in [2.05, 4.69) is 59.4 Å². The van der Waals surface area contributed by atoms with E-state index in [4.69, 9.17) is 9.15 Å². The van der Waals surface area contributed by atoms with Gasteiger partial charge in [0.05, 0.1) is 12.2 Å². The normalized spacial score (nSPS) is 23.4. The highest BCUT2D eigenvalue weighted by atomic mass is 16.6. The Bertz CT molecular complexity index is 1210. The summed E-state index contributed by atoms with van der Waals surface area (Å²) in [6, 6.07) is 14.9. The third kappa shape index (κ3) is 5.27. The van der Waals surface area contributed by atoms with Crippen molar-refractivity contribution in [2.24, 2.45) is 17.8 Å². The lowest BCUT2D eigenvalue weighted by Crippen LogP contribution is -2.51. The summed E-state index contributed by atoms with van der Waals surface area (Å²) in [6.45, 7) is 5.79. The first-order valence-electron chi connectivity index (χ1n) is 13.4. The van der Waals surface area contributed by atoms with Gasteiger partial charge in [0, 0.05) is 30.5 Å². The quantitative estimate of drug-likeness (QED) is 0.305. The monoisotopic (exact) mass is 486 g/mol. The molecule has 0 saturated heterocycles. The average Bonchev–Trinajstić information content (AvgIpc) is 3.36. The fourth-order valence-electron chi connectivity index (χ4n) is 5.99. The van der Waals surface area contributed by atoms with Crippen LogP contribution in [0.15, 0.2) is 65.4 Å². The van der Waals surface area contributed by atoms with Crippen LogP contribution in [0, 0.1) is 17.8 Å². The number of rotatable bonds is 10. The highest BCUT2D eigenvalue weighted by Gasteiger charge is 2.50. The van der Waals surface area contributed by atoms with Gasteiger partial charge in [-0.1, -0.05) is 50.3 Å². The molecule has 0 radical (unpaired) electrons. The number of benzene rings is 1. The Labute approximate surface area is 214 Å². The minimum atomic E-state index is -0.396. The van der Waals surface area contributed by atoms with Crippen molar-refractivity contribution in [3.63, 3.8) is 0 Å². The molecule has 1 aromatic carbocycles. The average molecular weight is 487 g/mol. The molecule has 3 atom stereocenters. The summed E-state index contributed by atoms with van der Waals surface area (Å²) in [5.41, 5.74) is 4.30. The van der Waals surface area contributed by atoms with E-state index in [0.29, 0.717) is 11.6 Å². The van der Waals surface area contributed by atoms with E-state index in [-0.39, 0.29) is 17.8 Å². The molecule has 2 bridgehead atoms. The number of nitrogens with zero attached hydrogens (tertiary/aromatic N) is 2. The lowest BCUT2D eigenvalue weighted by atomic mass is 9.60. The summed E-state index contributed by atoms with van der Waals surface area (Å²) >= 11 is 0. The number of hydrogen-bond acceptors (Lipinski definition) is 5. The molecule has 2 heterocycles. The van der Waals surface area contributed by atoms with Crippen LogP contribution in [0.2, 0.25) is 0 Å². The van der Waals surface area contributed by atoms with Crippen molar-refractivity contribution in [1.29, 1.82) is 0 Å². The van der Waals surface area contributed by atoms with Crippen molar-refractivity contribution in [3.05, 3.63) is 72.1 Å². The summed E-state index contributed by atoms with van der Waals surface area (Å²) in [5.74, 6) is 0.551. The lowest BCUT2D eigenvalue weighted by Gasteiger charge is -2.50. The van der Waals surface area contributed by atoms with Crippen molar-refractivity contribution < 1.29 is 13.9 Å². The molecule has 3 aliphatic carbocycles. The number of aryl methyl sites for hydroxylation is 1. The van der Waals surface area contributed by atoms with Gasteiger partial charge in [-0.15, -0.1) is 0 Å². The van der Waals surface area contributed by atoms with Crippen LogP contribution in [-0.2, 0) is 16.0 Å². The van der Waals surface area contributed by atoms with Crippen LogP contribution in [0.25, 0.3) is 16.7 Å². The lowest BCUT2D eigenvalue weighted by molar-refractivity contribution is -0.176. The molecule has 190 valence electrons. The zero-order chi connectivity index (χ0) is 25.1. The molecule has 1 fully saturated rings. The Morgan fingerprint density at radius 2 is 2.03 bits per heavy atom. The highest BCUT2D eigenvalue weighted by Crippen LogP contribution is 2.53. The van der Waals surface area contributed by atoms with E-state index in [9.17, 15) is 4.79 Å². The van der Waals surface area contributed by atoms with Crippen LogP contribution in [-0.4, -0.2) is 41.6 Å². The second-order valence-corrected chi connectivity index (χ2v) is 11.0. The second-order valence-electron chi connectivity index (χ2n) is 11.0. The van der Waals surface area contributed by atoms with Crippen LogP contribution in [0.4, 0.5) is 0 Å². The minimum absolute atomic E-state index is 0.0676. The Balaban J connectivity index is 1.23. The van der Waals surface area contributed by atoms with Crippen LogP contribution in [0.5, 0.6) is 0 Å². The summed E-state index contributed by atoms with van der Waals surface area (Å²) in [4.78, 5) is 19.6. The molecule has 2 aromatic heterocycles. The highest BCUT2D eigenvalue weighted by molar-refractivity contribution is 5.74. The maximum Gasteiger partial charge on any atom is 0.308 e. The predicted octanol–water partition coefficient (Wildman–Crippen LogP) is 6.53. The van der Waals surface area contributed by atoms with Crippen LogP contribution < -0.4 is 0 Å². The molecule has 5 heteroatoms. The number of carbonyl (C=O) groups excluding carboxylic acids is 1. The van der Waals surface area contributed by atoms with Gasteiger partial charge in [0.2, 0.25) is 5.71 Å². The molecule has 1 saturated carbocycles. The van der Waals surface area contributed by atoms with Gasteiger partial charge in [0.25, 0.3) is 0 Å². The first-order valence-corrected chi connectivity index (χ1v) is 13.4. The molecular formula is C31H38N2O3. The van der Waals surface area contributed by atoms with Crippen molar-refractivity contribution in [2.75, 3.05) is 20.1 Å². The molecule has 0 amide bonds. The minimum Gasteiger partial charge on any atom is -0.458 e. The molecular weight excluding hydrogens is 448 g/mol. The number of ether oxygens (including phenoxy) is 1. The van der Waals surface area contributed by atoms with Crippen molar-refractivity contribution in [3.8, 4) is 0 Å². The summed E-state index contributed by atoms with van der Waals surface area (Å²) < 4.78 is 11.7. The number of hydrogen-bond donors (Lipinski definition) is 0. The third-order valence-corrected chi connectivity index (χ3v) is 8.08. The maximum absolute atomic E-state index is 12.8. The van der Waals surface area contributed by atoms with Gasteiger partial charge < -0.3 is 14.1 Å². The van der Waals surface area contributed by atoms with Crippen molar-refractivity contribution in [2.45, 2.75) is 58.0 Å². The van der Waals surface area contributed by atoms with Crippen LogP contribution >= 0.6 is 0 Å². The topological polar surface area (TPSA) is 55.6 Å². The third-order valence-electron chi connectivity index (χ3n) is 8.08. The summed E-state index contributed by atoms with van der Waals surface area (Å²) in [7, 11) is 2.18. The van der Waals surface area contributed by atoms with Gasteiger partial charge in [0.15, 0.2) is 0 Å². The zero-order valence-corrected chi connectivity index (χ0v) is 21.8. The molecule has 0 aliphatic heterocycles. The molecule has 5 nitrogen and oxygen atoms in total. The van der Waals surface area contributed by atoms with E-state index < -0.39 is 5.60 Å². The number of furan rings is 1.